The van der Waals surface area contributed by atoms with Crippen LogP contribution in [-0.2, 0) is 16.8 Å². The first-order valence-electron chi connectivity index (χ1n) is 8.03. The van der Waals surface area contributed by atoms with Gasteiger partial charge in [0.25, 0.3) is 5.91 Å². The molecular weight excluding hydrogens is 377 g/mol. The molecule has 1 amide bonds. The molecule has 1 aromatic carbocycles. The summed E-state index contributed by atoms with van der Waals surface area (Å²) in [6.45, 7) is 7.69. The van der Waals surface area contributed by atoms with Crippen LogP contribution >= 0.6 is 23.2 Å². The van der Waals surface area contributed by atoms with Crippen LogP contribution in [0.15, 0.2) is 24.4 Å². The third-order valence-electron chi connectivity index (χ3n) is 3.86. The number of benzene rings is 1. The molecule has 140 valence electrons. The number of halogens is 2. The molecule has 0 fully saturated rings. The van der Waals surface area contributed by atoms with Gasteiger partial charge in [0.15, 0.2) is 0 Å². The molecule has 6 nitrogen and oxygen atoms in total. The Morgan fingerprint density at radius 2 is 1.81 bits per heavy atom. The Morgan fingerprint density at radius 1 is 1.23 bits per heavy atom. The summed E-state index contributed by atoms with van der Waals surface area (Å²) in [7, 11) is 0. The predicted molar refractivity (Wildman–Crippen MR) is 101 cm³/mol. The summed E-state index contributed by atoms with van der Waals surface area (Å²) in [4.78, 5) is 24.2. The fourth-order valence-electron chi connectivity index (χ4n) is 2.71. The first-order chi connectivity index (χ1) is 12.0. The largest absolute Gasteiger partial charge is 0.480 e. The topological polar surface area (TPSA) is 84.2 Å². The SMILES string of the molecule is Cc1c(C(=O)NC(Cc2cc(Cl)cc(Cl)c2)C(=O)O)cnn1C(C)(C)C. The van der Waals surface area contributed by atoms with Crippen LogP contribution in [0, 0.1) is 6.92 Å². The van der Waals surface area contributed by atoms with Crippen LogP contribution in [-0.4, -0.2) is 32.8 Å². The van der Waals surface area contributed by atoms with Crippen molar-refractivity contribution in [1.29, 1.82) is 0 Å². The normalized spacial score (nSPS) is 12.7. The highest BCUT2D eigenvalue weighted by atomic mass is 35.5. The fourth-order valence-corrected chi connectivity index (χ4v) is 3.28. The van der Waals surface area contributed by atoms with E-state index in [1.54, 1.807) is 29.8 Å². The number of hydrogen-bond donors (Lipinski definition) is 2. The van der Waals surface area contributed by atoms with E-state index >= 15 is 0 Å². The summed E-state index contributed by atoms with van der Waals surface area (Å²) in [6.07, 6.45) is 1.51. The number of hydrogen-bond acceptors (Lipinski definition) is 3. The van der Waals surface area contributed by atoms with Gasteiger partial charge in [-0.15, -0.1) is 0 Å². The van der Waals surface area contributed by atoms with Gasteiger partial charge in [0.05, 0.1) is 17.3 Å². The van der Waals surface area contributed by atoms with E-state index in [-0.39, 0.29) is 12.0 Å². The lowest BCUT2D eigenvalue weighted by Crippen LogP contribution is -2.42. The molecule has 0 spiro atoms. The Labute approximate surface area is 162 Å². The zero-order valence-corrected chi connectivity index (χ0v) is 16.5. The molecule has 1 aromatic heterocycles. The molecule has 2 aromatic rings. The Kier molecular flexibility index (Phi) is 5.98. The van der Waals surface area contributed by atoms with Gasteiger partial charge >= 0.3 is 5.97 Å². The van der Waals surface area contributed by atoms with Gasteiger partial charge in [-0.25, -0.2) is 4.79 Å². The zero-order chi connectivity index (χ0) is 19.6. The van der Waals surface area contributed by atoms with Crippen molar-refractivity contribution < 1.29 is 14.7 Å². The second-order valence-corrected chi connectivity index (χ2v) is 7.95. The molecule has 2 rings (SSSR count). The highest BCUT2D eigenvalue weighted by molar-refractivity contribution is 6.34. The summed E-state index contributed by atoms with van der Waals surface area (Å²) in [6, 6.07) is 3.69. The second kappa shape index (κ2) is 7.68. The fraction of sp³-hybridized carbons (Fsp3) is 0.389. The van der Waals surface area contributed by atoms with E-state index in [4.69, 9.17) is 23.2 Å². The van der Waals surface area contributed by atoms with Crippen LogP contribution in [0.2, 0.25) is 10.0 Å². The average Bonchev–Trinajstić information content (AvgIpc) is 2.87. The minimum absolute atomic E-state index is 0.0633. The maximum atomic E-state index is 12.6. The zero-order valence-electron chi connectivity index (χ0n) is 15.0. The molecule has 0 aliphatic carbocycles. The maximum absolute atomic E-state index is 12.6. The molecule has 0 aliphatic rings. The van der Waals surface area contributed by atoms with Crippen molar-refractivity contribution in [1.82, 2.24) is 15.1 Å². The molecule has 26 heavy (non-hydrogen) atoms. The highest BCUT2D eigenvalue weighted by Gasteiger charge is 2.25. The van der Waals surface area contributed by atoms with E-state index < -0.39 is 17.9 Å². The predicted octanol–water partition coefficient (Wildman–Crippen LogP) is 3.68. The molecule has 0 radical (unpaired) electrons. The third-order valence-corrected chi connectivity index (χ3v) is 4.29. The monoisotopic (exact) mass is 397 g/mol. The Bertz CT molecular complexity index is 820. The first kappa shape index (κ1) is 20.3. The minimum atomic E-state index is -1.14. The van der Waals surface area contributed by atoms with Crippen molar-refractivity contribution >= 4 is 35.1 Å². The van der Waals surface area contributed by atoms with E-state index in [9.17, 15) is 14.7 Å². The van der Waals surface area contributed by atoms with Gasteiger partial charge in [-0.05, 0) is 51.5 Å². The molecule has 0 bridgehead atoms. The lowest BCUT2D eigenvalue weighted by Gasteiger charge is -2.21. The summed E-state index contributed by atoms with van der Waals surface area (Å²) in [5.74, 6) is -1.63. The lowest BCUT2D eigenvalue weighted by molar-refractivity contribution is -0.139. The minimum Gasteiger partial charge on any atom is -0.480 e. The number of carboxylic acid groups (broad SMARTS) is 1. The van der Waals surface area contributed by atoms with Crippen LogP contribution in [0.4, 0.5) is 0 Å². The number of aromatic nitrogens is 2. The molecule has 1 atom stereocenters. The van der Waals surface area contributed by atoms with Crippen molar-refractivity contribution in [2.24, 2.45) is 0 Å². The van der Waals surface area contributed by atoms with Gasteiger partial charge in [0.2, 0.25) is 0 Å². The second-order valence-electron chi connectivity index (χ2n) is 7.07. The van der Waals surface area contributed by atoms with E-state index in [0.29, 0.717) is 26.9 Å². The highest BCUT2D eigenvalue weighted by Crippen LogP contribution is 2.21. The summed E-state index contributed by atoms with van der Waals surface area (Å²) >= 11 is 11.9. The molecule has 0 saturated heterocycles. The van der Waals surface area contributed by atoms with Gasteiger partial charge in [-0.2, -0.15) is 5.10 Å². The Morgan fingerprint density at radius 3 is 2.27 bits per heavy atom. The van der Waals surface area contributed by atoms with Crippen LogP contribution in [0.25, 0.3) is 0 Å². The number of nitrogens with zero attached hydrogens (tertiary/aromatic N) is 2. The Hall–Kier alpha value is -2.05. The summed E-state index contributed by atoms with van der Waals surface area (Å²) < 4.78 is 1.73. The van der Waals surface area contributed by atoms with E-state index in [1.807, 2.05) is 20.8 Å². The van der Waals surface area contributed by atoms with Crippen molar-refractivity contribution in [2.45, 2.75) is 45.7 Å². The van der Waals surface area contributed by atoms with Gasteiger partial charge in [0, 0.05) is 22.2 Å². The van der Waals surface area contributed by atoms with Crippen molar-refractivity contribution in [3.63, 3.8) is 0 Å². The first-order valence-corrected chi connectivity index (χ1v) is 8.78. The number of nitrogens with one attached hydrogen (secondary N) is 1. The molecule has 0 saturated carbocycles. The van der Waals surface area contributed by atoms with E-state index in [2.05, 4.69) is 10.4 Å². The standard InChI is InChI=1S/C18H21Cl2N3O3/c1-10-14(9-21-23(10)18(2,3)4)16(24)22-15(17(25)26)7-11-5-12(19)8-13(20)6-11/h5-6,8-9,15H,7H2,1-4H3,(H,22,24)(H,25,26). The third kappa shape index (κ3) is 4.77. The number of carbonyl (C=O) groups excluding carboxylic acids is 1. The summed E-state index contributed by atoms with van der Waals surface area (Å²) in [5.41, 5.74) is 1.35. The van der Waals surface area contributed by atoms with Crippen LogP contribution in [0.1, 0.15) is 42.4 Å². The van der Waals surface area contributed by atoms with E-state index in [1.165, 1.54) is 6.20 Å². The number of carbonyl (C=O) groups is 2. The van der Waals surface area contributed by atoms with Crippen LogP contribution in [0.3, 0.4) is 0 Å². The average molecular weight is 398 g/mol. The molecule has 1 heterocycles. The molecular formula is C18H21Cl2N3O3. The molecule has 0 aliphatic heterocycles. The maximum Gasteiger partial charge on any atom is 0.326 e. The molecule has 2 N–H and O–H groups in total. The number of carboxylic acids is 1. The number of rotatable bonds is 5. The van der Waals surface area contributed by atoms with Gasteiger partial charge in [-0.3, -0.25) is 9.48 Å². The van der Waals surface area contributed by atoms with Crippen molar-refractivity contribution in [2.75, 3.05) is 0 Å². The lowest BCUT2D eigenvalue weighted by atomic mass is 10.1. The quantitative estimate of drug-likeness (QED) is 0.805. The van der Waals surface area contributed by atoms with Gasteiger partial charge < -0.3 is 10.4 Å². The molecule has 8 heteroatoms. The summed E-state index contributed by atoms with van der Waals surface area (Å²) in [5, 5.41) is 17.1. The smallest absolute Gasteiger partial charge is 0.326 e. The van der Waals surface area contributed by atoms with E-state index in [0.717, 1.165) is 0 Å². The van der Waals surface area contributed by atoms with Crippen LogP contribution in [0.5, 0.6) is 0 Å². The van der Waals surface area contributed by atoms with Crippen molar-refractivity contribution in [3.05, 3.63) is 51.3 Å². The van der Waals surface area contributed by atoms with Gasteiger partial charge in [0.1, 0.15) is 6.04 Å². The van der Waals surface area contributed by atoms with Gasteiger partial charge in [-0.1, -0.05) is 23.2 Å². The number of amides is 1. The molecule has 1 unspecified atom stereocenters. The van der Waals surface area contributed by atoms with Crippen molar-refractivity contribution in [3.8, 4) is 0 Å². The number of aliphatic carboxylic acids is 1. The van der Waals surface area contributed by atoms with Crippen LogP contribution < -0.4 is 5.32 Å². The Balaban J connectivity index is 2.21.